The van der Waals surface area contributed by atoms with Gasteiger partial charge >= 0.3 is 5.97 Å². The minimum absolute atomic E-state index is 0.0152. The summed E-state index contributed by atoms with van der Waals surface area (Å²) in [4.78, 5) is 75.9. The Morgan fingerprint density at radius 1 is 0.479 bits per heavy atom. The molecule has 0 unspecified atom stereocenters. The predicted molar refractivity (Wildman–Crippen MR) is 182 cm³/mol. The third-order valence-electron chi connectivity index (χ3n) is 7.69. The molecular formula is C34H63N5O9. The van der Waals surface area contributed by atoms with E-state index < -0.39 is 84.9 Å². The maximum atomic E-state index is 13.5. The summed E-state index contributed by atoms with van der Waals surface area (Å²) >= 11 is 0. The highest BCUT2D eigenvalue weighted by Gasteiger charge is 2.34. The molecule has 0 heterocycles. The molecule has 5 amide bonds. The predicted octanol–water partition coefficient (Wildman–Crippen LogP) is 1.47. The molecule has 0 aliphatic carbocycles. The molecule has 0 radical (unpaired) electrons. The van der Waals surface area contributed by atoms with Crippen LogP contribution in [0.15, 0.2) is 0 Å². The molecule has 7 atom stereocenters. The highest BCUT2D eigenvalue weighted by molar-refractivity contribution is 5.92. The number of carbonyl (C=O) groups excluding carboxylic acids is 5. The van der Waals surface area contributed by atoms with Gasteiger partial charge in [0.25, 0.3) is 0 Å². The minimum atomic E-state index is -1.33. The summed E-state index contributed by atoms with van der Waals surface area (Å²) < 4.78 is 0. The van der Waals surface area contributed by atoms with Crippen molar-refractivity contribution in [2.24, 2.45) is 29.6 Å². The van der Waals surface area contributed by atoms with Gasteiger partial charge in [0, 0.05) is 6.42 Å². The van der Waals surface area contributed by atoms with E-state index in [2.05, 4.69) is 26.6 Å². The van der Waals surface area contributed by atoms with Crippen LogP contribution in [0.5, 0.6) is 0 Å². The summed E-state index contributed by atoms with van der Waals surface area (Å²) in [5.74, 6) is -4.25. The van der Waals surface area contributed by atoms with Crippen molar-refractivity contribution in [2.75, 3.05) is 0 Å². The lowest BCUT2D eigenvalue weighted by molar-refractivity contribution is -0.140. The lowest BCUT2D eigenvalue weighted by atomic mass is 9.95. The molecule has 14 heteroatoms. The fraction of sp³-hybridized carbons (Fsp3) is 0.824. The summed E-state index contributed by atoms with van der Waals surface area (Å²) in [7, 11) is 0. The van der Waals surface area contributed by atoms with Crippen molar-refractivity contribution in [2.45, 2.75) is 151 Å². The van der Waals surface area contributed by atoms with Gasteiger partial charge in [-0.2, -0.15) is 0 Å². The highest BCUT2D eigenvalue weighted by atomic mass is 16.4. The number of hydrogen-bond acceptors (Lipinski definition) is 8. The summed E-state index contributed by atoms with van der Waals surface area (Å²) in [5.41, 5.74) is 0. The van der Waals surface area contributed by atoms with Gasteiger partial charge in [-0.25, -0.2) is 0 Å². The molecule has 0 fully saturated rings. The highest BCUT2D eigenvalue weighted by Crippen LogP contribution is 2.15. The van der Waals surface area contributed by atoms with Crippen molar-refractivity contribution < 1.29 is 44.1 Å². The Hall–Kier alpha value is -3.26. The smallest absolute Gasteiger partial charge is 0.306 e. The fourth-order valence-corrected chi connectivity index (χ4v) is 5.16. The van der Waals surface area contributed by atoms with Gasteiger partial charge in [-0.1, -0.05) is 69.2 Å². The normalized spacial score (nSPS) is 16.1. The molecule has 0 bridgehead atoms. The van der Waals surface area contributed by atoms with E-state index in [-0.39, 0.29) is 41.9 Å². The maximum absolute atomic E-state index is 13.5. The van der Waals surface area contributed by atoms with Crippen LogP contribution in [0.3, 0.4) is 0 Å². The van der Waals surface area contributed by atoms with Crippen LogP contribution in [0.4, 0.5) is 0 Å². The average Bonchev–Trinajstić information content (AvgIpc) is 2.91. The third kappa shape index (κ3) is 17.8. The summed E-state index contributed by atoms with van der Waals surface area (Å²) in [6, 6.07) is -4.61. The molecule has 0 saturated carbocycles. The molecule has 278 valence electrons. The van der Waals surface area contributed by atoms with Crippen molar-refractivity contribution in [3.63, 3.8) is 0 Å². The van der Waals surface area contributed by atoms with Crippen LogP contribution in [0, 0.1) is 29.6 Å². The van der Waals surface area contributed by atoms with Crippen LogP contribution in [0.2, 0.25) is 0 Å². The first kappa shape index (κ1) is 44.7. The molecule has 0 spiro atoms. The molecule has 0 saturated heterocycles. The second-order valence-electron chi connectivity index (χ2n) is 14.8. The molecule has 14 nitrogen and oxygen atoms in total. The van der Waals surface area contributed by atoms with Crippen molar-refractivity contribution in [1.29, 1.82) is 0 Å². The van der Waals surface area contributed by atoms with Crippen molar-refractivity contribution >= 4 is 35.5 Å². The van der Waals surface area contributed by atoms with E-state index in [9.17, 15) is 39.0 Å². The van der Waals surface area contributed by atoms with E-state index in [1.165, 1.54) is 6.92 Å². The lowest BCUT2D eigenvalue weighted by Crippen LogP contribution is -2.59. The summed E-state index contributed by atoms with van der Waals surface area (Å²) in [6.45, 7) is 19.8. The molecule has 0 aromatic carbocycles. The minimum Gasteiger partial charge on any atom is -0.481 e. The molecule has 0 rings (SSSR count). The standard InChI is InChI=1S/C34H63N5O9/c1-17(2)12-23(37-33(47)31(21(9)10)39-34(48)30(20(7)8)38-27(42)14-19(5)6)25(40)15-28(43)35-22(11)32(46)36-24(13-18(3)4)26(41)16-29(44)45/h17-26,30-31,40-41H,12-16H2,1-11H3,(H,35,43)(H,36,46)(H,37,47)(H,38,42)(H,39,48)(H,44,45)/t22-,23+,24-,25+,26+,30-,31+/m0/s1. The first-order chi connectivity index (χ1) is 22.0. The number of amides is 5. The van der Waals surface area contributed by atoms with Gasteiger partial charge in [0.05, 0.1) is 37.1 Å². The SMILES string of the molecule is CC(C)CC(=O)N[C@H](C(=O)N[C@@H](C(=O)N[C@H](CC(C)C)[C@H](O)CC(=O)N[C@@H](C)C(=O)N[C@@H](CC(C)C)[C@H](O)CC(=O)O)C(C)C)C(C)C. The Labute approximate surface area is 286 Å². The zero-order chi connectivity index (χ0) is 37.5. The fourth-order valence-electron chi connectivity index (χ4n) is 5.16. The van der Waals surface area contributed by atoms with Crippen LogP contribution < -0.4 is 26.6 Å². The lowest BCUT2D eigenvalue weighted by Gasteiger charge is -2.31. The number of carboxylic acids is 1. The van der Waals surface area contributed by atoms with Crippen LogP contribution in [0.25, 0.3) is 0 Å². The Kier molecular flexibility index (Phi) is 20.2. The number of hydrogen-bond donors (Lipinski definition) is 8. The Morgan fingerprint density at radius 3 is 1.29 bits per heavy atom. The topological polar surface area (TPSA) is 223 Å². The third-order valence-corrected chi connectivity index (χ3v) is 7.69. The number of carboxylic acid groups (broad SMARTS) is 1. The van der Waals surface area contributed by atoms with Crippen LogP contribution >= 0.6 is 0 Å². The van der Waals surface area contributed by atoms with E-state index in [0.717, 1.165) is 0 Å². The monoisotopic (exact) mass is 685 g/mol. The first-order valence-corrected chi connectivity index (χ1v) is 17.1. The molecule has 0 aliphatic rings. The second-order valence-corrected chi connectivity index (χ2v) is 14.8. The first-order valence-electron chi connectivity index (χ1n) is 17.1. The van der Waals surface area contributed by atoms with Gasteiger partial charge in [-0.3, -0.25) is 28.8 Å². The van der Waals surface area contributed by atoms with E-state index >= 15 is 0 Å². The van der Waals surface area contributed by atoms with Gasteiger partial charge < -0.3 is 41.9 Å². The Bertz CT molecular complexity index is 1060. The Balaban J connectivity index is 5.60. The van der Waals surface area contributed by atoms with Gasteiger partial charge in [-0.05, 0) is 49.4 Å². The van der Waals surface area contributed by atoms with Gasteiger partial charge in [0.15, 0.2) is 0 Å². The van der Waals surface area contributed by atoms with E-state index in [0.29, 0.717) is 12.8 Å². The molecule has 48 heavy (non-hydrogen) atoms. The van der Waals surface area contributed by atoms with Gasteiger partial charge in [0.2, 0.25) is 29.5 Å². The largest absolute Gasteiger partial charge is 0.481 e. The van der Waals surface area contributed by atoms with Crippen LogP contribution in [0.1, 0.15) is 108 Å². The van der Waals surface area contributed by atoms with E-state index in [1.54, 1.807) is 27.7 Å². The zero-order valence-corrected chi connectivity index (χ0v) is 30.8. The van der Waals surface area contributed by atoms with Crippen LogP contribution in [-0.4, -0.2) is 93.2 Å². The van der Waals surface area contributed by atoms with Crippen molar-refractivity contribution in [3.05, 3.63) is 0 Å². The zero-order valence-electron chi connectivity index (χ0n) is 30.8. The molecule has 0 aromatic heterocycles. The molecule has 0 aliphatic heterocycles. The summed E-state index contributed by atoms with van der Waals surface area (Å²) in [6.07, 6.45) is -2.76. The van der Waals surface area contributed by atoms with Crippen molar-refractivity contribution in [1.82, 2.24) is 26.6 Å². The average molecular weight is 686 g/mol. The number of aliphatic carboxylic acids is 1. The van der Waals surface area contributed by atoms with E-state index in [1.807, 2.05) is 41.5 Å². The molecular weight excluding hydrogens is 622 g/mol. The number of rotatable bonds is 22. The van der Waals surface area contributed by atoms with Gasteiger partial charge in [0.1, 0.15) is 18.1 Å². The summed E-state index contributed by atoms with van der Waals surface area (Å²) in [5, 5.41) is 43.9. The molecule has 0 aromatic rings. The van der Waals surface area contributed by atoms with Crippen LogP contribution in [-0.2, 0) is 28.8 Å². The number of aliphatic hydroxyl groups is 2. The quantitative estimate of drug-likeness (QED) is 0.0825. The second kappa shape index (κ2) is 21.7. The number of carbonyl (C=O) groups is 6. The maximum Gasteiger partial charge on any atom is 0.306 e. The number of nitrogens with one attached hydrogen (secondary N) is 5. The number of aliphatic hydroxyl groups excluding tert-OH is 2. The molecule has 8 N–H and O–H groups in total. The van der Waals surface area contributed by atoms with E-state index in [4.69, 9.17) is 5.11 Å². The van der Waals surface area contributed by atoms with Crippen molar-refractivity contribution in [3.8, 4) is 0 Å². The Morgan fingerprint density at radius 2 is 0.875 bits per heavy atom. The van der Waals surface area contributed by atoms with Gasteiger partial charge in [-0.15, -0.1) is 0 Å².